The third kappa shape index (κ3) is 7.84. The molecule has 1 aliphatic carbocycles. The fourth-order valence-electron chi connectivity index (χ4n) is 4.21. The van der Waals surface area contributed by atoms with Gasteiger partial charge in [0.15, 0.2) is 5.96 Å². The van der Waals surface area contributed by atoms with E-state index in [9.17, 15) is 0 Å². The van der Waals surface area contributed by atoms with Gasteiger partial charge in [0, 0.05) is 46.0 Å². The molecule has 2 fully saturated rings. The molecule has 29 heavy (non-hydrogen) atoms. The molecular weight excluding hydrogens is 362 g/mol. The first-order chi connectivity index (χ1) is 14.3. The maximum atomic E-state index is 6.00. The van der Waals surface area contributed by atoms with Gasteiger partial charge in [0.1, 0.15) is 5.82 Å². The molecule has 6 heteroatoms. The Bertz CT molecular complexity index is 607. The van der Waals surface area contributed by atoms with E-state index < -0.39 is 0 Å². The van der Waals surface area contributed by atoms with Crippen molar-refractivity contribution < 1.29 is 4.74 Å². The van der Waals surface area contributed by atoms with E-state index >= 15 is 0 Å². The highest BCUT2D eigenvalue weighted by molar-refractivity contribution is 5.79. The molecule has 0 radical (unpaired) electrons. The summed E-state index contributed by atoms with van der Waals surface area (Å²) in [5, 5.41) is 6.82. The summed E-state index contributed by atoms with van der Waals surface area (Å²) in [6.45, 7) is 4.70. The first-order valence-electron chi connectivity index (χ1n) is 11.6. The van der Waals surface area contributed by atoms with Crippen LogP contribution in [0.2, 0.25) is 0 Å². The second kappa shape index (κ2) is 12.7. The van der Waals surface area contributed by atoms with Gasteiger partial charge >= 0.3 is 0 Å². The van der Waals surface area contributed by atoms with Gasteiger partial charge in [-0.15, -0.1) is 0 Å². The van der Waals surface area contributed by atoms with E-state index in [1.54, 1.807) is 0 Å². The van der Waals surface area contributed by atoms with Gasteiger partial charge < -0.3 is 20.3 Å². The van der Waals surface area contributed by atoms with Gasteiger partial charge in [-0.1, -0.05) is 32.1 Å². The molecule has 2 heterocycles. The number of aliphatic imine (C=N–C) groups is 1. The number of guanidine groups is 1. The van der Waals surface area contributed by atoms with Gasteiger partial charge in [-0.3, -0.25) is 4.99 Å². The van der Waals surface area contributed by atoms with Crippen LogP contribution < -0.4 is 15.5 Å². The van der Waals surface area contributed by atoms with Gasteiger partial charge in [0.2, 0.25) is 0 Å². The number of nitrogens with one attached hydrogen (secondary N) is 2. The summed E-state index contributed by atoms with van der Waals surface area (Å²) in [4.78, 5) is 11.4. The van der Waals surface area contributed by atoms with E-state index in [4.69, 9.17) is 4.74 Å². The molecule has 1 aromatic heterocycles. The molecule has 1 aromatic rings. The van der Waals surface area contributed by atoms with Gasteiger partial charge in [-0.05, 0) is 49.8 Å². The highest BCUT2D eigenvalue weighted by Gasteiger charge is 2.13. The van der Waals surface area contributed by atoms with Gasteiger partial charge in [-0.25, -0.2) is 4.98 Å². The van der Waals surface area contributed by atoms with Crippen molar-refractivity contribution in [2.24, 2.45) is 4.99 Å². The number of hydrogen-bond acceptors (Lipinski definition) is 4. The molecule has 1 aliphatic heterocycles. The number of aromatic nitrogens is 1. The molecule has 0 bridgehead atoms. The quantitative estimate of drug-likeness (QED) is 0.393. The van der Waals surface area contributed by atoms with E-state index in [1.165, 1.54) is 63.4 Å². The lowest BCUT2D eigenvalue weighted by atomic mass is 9.98. The van der Waals surface area contributed by atoms with E-state index in [0.29, 0.717) is 6.10 Å². The van der Waals surface area contributed by atoms with Crippen molar-refractivity contribution in [3.05, 3.63) is 23.9 Å². The Morgan fingerprint density at radius 3 is 2.62 bits per heavy atom. The molecule has 0 unspecified atom stereocenters. The summed E-state index contributed by atoms with van der Waals surface area (Å²) in [5.74, 6) is 1.95. The van der Waals surface area contributed by atoms with E-state index in [-0.39, 0.29) is 0 Å². The summed E-state index contributed by atoms with van der Waals surface area (Å²) in [7, 11) is 1.82. The maximum absolute atomic E-state index is 6.00. The Morgan fingerprint density at radius 2 is 1.86 bits per heavy atom. The third-order valence-corrected chi connectivity index (χ3v) is 5.94. The predicted molar refractivity (Wildman–Crippen MR) is 121 cm³/mol. The van der Waals surface area contributed by atoms with Crippen LogP contribution in [0.1, 0.15) is 69.8 Å². The predicted octanol–water partition coefficient (Wildman–Crippen LogP) is 3.87. The molecule has 0 spiro atoms. The number of pyridine rings is 1. The normalized spacial score (nSPS) is 19.1. The molecule has 0 atom stereocenters. The van der Waals surface area contributed by atoms with Crippen LogP contribution in [0.3, 0.4) is 0 Å². The minimum absolute atomic E-state index is 0.492. The van der Waals surface area contributed by atoms with Crippen LogP contribution >= 0.6 is 0 Å². The largest absolute Gasteiger partial charge is 0.378 e. The van der Waals surface area contributed by atoms with Crippen LogP contribution in [0.25, 0.3) is 0 Å². The highest BCUT2D eigenvalue weighted by atomic mass is 16.5. The van der Waals surface area contributed by atoms with Crippen molar-refractivity contribution in [2.45, 2.75) is 76.9 Å². The monoisotopic (exact) mass is 401 g/mol. The van der Waals surface area contributed by atoms with E-state index in [1.807, 2.05) is 13.2 Å². The van der Waals surface area contributed by atoms with Crippen LogP contribution in [0.15, 0.2) is 23.3 Å². The van der Waals surface area contributed by atoms with Crippen LogP contribution in [0, 0.1) is 0 Å². The summed E-state index contributed by atoms with van der Waals surface area (Å²) in [6.07, 6.45) is 15.1. The van der Waals surface area contributed by atoms with E-state index in [0.717, 1.165) is 51.0 Å². The molecule has 162 valence electrons. The molecule has 2 N–H and O–H groups in total. The molecule has 6 nitrogen and oxygen atoms in total. The Hall–Kier alpha value is -1.82. The molecular formula is C23H39N5O. The lowest BCUT2D eigenvalue weighted by Gasteiger charge is -2.22. The summed E-state index contributed by atoms with van der Waals surface area (Å²) in [6, 6.07) is 4.29. The van der Waals surface area contributed by atoms with Crippen molar-refractivity contribution in [3.63, 3.8) is 0 Å². The maximum Gasteiger partial charge on any atom is 0.191 e. The zero-order valence-electron chi connectivity index (χ0n) is 18.2. The van der Waals surface area contributed by atoms with Gasteiger partial charge in [0.25, 0.3) is 0 Å². The number of nitrogens with zero attached hydrogens (tertiary/aromatic N) is 3. The zero-order valence-corrected chi connectivity index (χ0v) is 18.2. The van der Waals surface area contributed by atoms with Crippen molar-refractivity contribution >= 4 is 11.8 Å². The summed E-state index contributed by atoms with van der Waals surface area (Å²) < 4.78 is 6.00. The topological polar surface area (TPSA) is 61.8 Å². The molecule has 3 rings (SSSR count). The van der Waals surface area contributed by atoms with Gasteiger partial charge in [0.05, 0.1) is 6.10 Å². The minimum Gasteiger partial charge on any atom is -0.378 e. The number of hydrogen-bond donors (Lipinski definition) is 2. The van der Waals surface area contributed by atoms with Crippen molar-refractivity contribution in [1.82, 2.24) is 15.6 Å². The second-order valence-corrected chi connectivity index (χ2v) is 8.26. The van der Waals surface area contributed by atoms with E-state index in [2.05, 4.69) is 37.6 Å². The first kappa shape index (κ1) is 21.9. The Morgan fingerprint density at radius 1 is 1.10 bits per heavy atom. The van der Waals surface area contributed by atoms with Crippen LogP contribution in [0.5, 0.6) is 0 Å². The number of ether oxygens (including phenoxy) is 1. The summed E-state index contributed by atoms with van der Waals surface area (Å²) >= 11 is 0. The molecule has 2 aliphatic rings. The second-order valence-electron chi connectivity index (χ2n) is 8.26. The fourth-order valence-corrected chi connectivity index (χ4v) is 4.21. The average molecular weight is 402 g/mol. The smallest absolute Gasteiger partial charge is 0.191 e. The van der Waals surface area contributed by atoms with Crippen LogP contribution in [0.4, 0.5) is 5.82 Å². The van der Waals surface area contributed by atoms with Crippen LogP contribution in [-0.2, 0) is 11.3 Å². The van der Waals surface area contributed by atoms with Crippen LogP contribution in [-0.4, -0.2) is 50.3 Å². The van der Waals surface area contributed by atoms with Gasteiger partial charge in [-0.2, -0.15) is 0 Å². The van der Waals surface area contributed by atoms with Crippen molar-refractivity contribution in [1.29, 1.82) is 0 Å². The average Bonchev–Trinajstić information content (AvgIpc) is 3.06. The fraction of sp³-hybridized carbons (Fsp3) is 0.739. The Balaban J connectivity index is 1.36. The Kier molecular flexibility index (Phi) is 9.57. The summed E-state index contributed by atoms with van der Waals surface area (Å²) in [5.41, 5.74) is 1.24. The molecule has 0 amide bonds. The van der Waals surface area contributed by atoms with Crippen molar-refractivity contribution in [3.8, 4) is 0 Å². The standard InChI is InChI=1S/C23H39N5O/c1-24-23(26-13-9-17-29-21-10-5-4-6-11-21)27-19-20-12-14-25-22(18-20)28-15-7-2-3-8-16-28/h12,14,18,21H,2-11,13,15-17,19H2,1H3,(H2,24,26,27). The Labute approximate surface area is 176 Å². The first-order valence-corrected chi connectivity index (χ1v) is 11.6. The highest BCUT2D eigenvalue weighted by Crippen LogP contribution is 2.20. The molecule has 0 aromatic carbocycles. The van der Waals surface area contributed by atoms with Crippen molar-refractivity contribution in [2.75, 3.05) is 38.2 Å². The minimum atomic E-state index is 0.492. The lowest BCUT2D eigenvalue weighted by Crippen LogP contribution is -2.37. The zero-order chi connectivity index (χ0) is 20.2. The number of rotatable bonds is 8. The third-order valence-electron chi connectivity index (χ3n) is 5.94. The molecule has 1 saturated carbocycles. The lowest BCUT2D eigenvalue weighted by molar-refractivity contribution is 0.0277. The number of anilines is 1. The SMILES string of the molecule is CN=C(NCCCOC1CCCCC1)NCc1ccnc(N2CCCCCC2)c1. The molecule has 1 saturated heterocycles.